The maximum absolute atomic E-state index is 6.16. The molecule has 0 amide bonds. The van der Waals surface area contributed by atoms with E-state index in [-0.39, 0.29) is 6.04 Å². The second-order valence-electron chi connectivity index (χ2n) is 4.22. The molecule has 2 aromatic carbocycles. The van der Waals surface area contributed by atoms with Gasteiger partial charge in [0, 0.05) is 16.1 Å². The summed E-state index contributed by atoms with van der Waals surface area (Å²) < 4.78 is 0. The van der Waals surface area contributed by atoms with Crippen LogP contribution in [0.1, 0.15) is 17.2 Å². The average molecular weight is 335 g/mol. The first-order chi connectivity index (χ1) is 8.97. The maximum atomic E-state index is 6.16. The van der Waals surface area contributed by atoms with Crippen molar-refractivity contribution in [2.75, 3.05) is 0 Å². The Balaban J connectivity index is 2.22. The van der Waals surface area contributed by atoms with Gasteiger partial charge >= 0.3 is 0 Å². The summed E-state index contributed by atoms with van der Waals surface area (Å²) in [7, 11) is 0. The van der Waals surface area contributed by atoms with Gasteiger partial charge in [0.15, 0.2) is 0 Å². The summed E-state index contributed by atoms with van der Waals surface area (Å²) in [4.78, 5) is 0. The van der Waals surface area contributed by atoms with Crippen LogP contribution in [0.2, 0.25) is 20.1 Å². The summed E-state index contributed by atoms with van der Waals surface area (Å²) in [5.41, 5.74) is 7.98. The fourth-order valence-corrected chi connectivity index (χ4v) is 2.49. The van der Waals surface area contributed by atoms with Crippen LogP contribution in [0.4, 0.5) is 0 Å². The Morgan fingerprint density at radius 1 is 0.842 bits per heavy atom. The van der Waals surface area contributed by atoms with Gasteiger partial charge in [-0.1, -0.05) is 52.5 Å². The number of hydrogen-bond donors (Lipinski definition) is 1. The molecule has 0 aliphatic heterocycles. The van der Waals surface area contributed by atoms with Gasteiger partial charge in [0.25, 0.3) is 0 Å². The van der Waals surface area contributed by atoms with Crippen molar-refractivity contribution in [1.29, 1.82) is 0 Å². The number of nitrogens with two attached hydrogens (primary N) is 1. The van der Waals surface area contributed by atoms with Crippen LogP contribution in [0.15, 0.2) is 36.4 Å². The minimum Gasteiger partial charge on any atom is -0.324 e. The van der Waals surface area contributed by atoms with E-state index in [1.807, 2.05) is 12.1 Å². The van der Waals surface area contributed by atoms with Gasteiger partial charge in [0.1, 0.15) is 0 Å². The van der Waals surface area contributed by atoms with Gasteiger partial charge in [0.2, 0.25) is 0 Å². The van der Waals surface area contributed by atoms with E-state index in [9.17, 15) is 0 Å². The monoisotopic (exact) mass is 333 g/mol. The lowest BCUT2D eigenvalue weighted by Crippen LogP contribution is -2.13. The number of benzene rings is 2. The van der Waals surface area contributed by atoms with E-state index in [4.69, 9.17) is 52.1 Å². The highest BCUT2D eigenvalue weighted by Crippen LogP contribution is 2.28. The van der Waals surface area contributed by atoms with Gasteiger partial charge in [-0.05, 0) is 47.9 Å². The van der Waals surface area contributed by atoms with Crippen molar-refractivity contribution >= 4 is 46.4 Å². The third-order valence-electron chi connectivity index (χ3n) is 2.82. The lowest BCUT2D eigenvalue weighted by molar-refractivity contribution is 0.722. The summed E-state index contributed by atoms with van der Waals surface area (Å²) in [6.07, 6.45) is 0.581. The third kappa shape index (κ3) is 3.77. The molecular formula is C14H11Cl4N. The molecule has 2 N–H and O–H groups in total. The molecule has 5 heteroatoms. The summed E-state index contributed by atoms with van der Waals surface area (Å²) in [6.45, 7) is 0. The molecule has 0 aliphatic carbocycles. The lowest BCUT2D eigenvalue weighted by Gasteiger charge is -2.14. The first-order valence-electron chi connectivity index (χ1n) is 5.62. The van der Waals surface area contributed by atoms with Crippen molar-refractivity contribution < 1.29 is 0 Å². The van der Waals surface area contributed by atoms with E-state index < -0.39 is 0 Å². The molecule has 0 aromatic heterocycles. The van der Waals surface area contributed by atoms with Crippen molar-refractivity contribution in [3.8, 4) is 0 Å². The zero-order valence-corrected chi connectivity index (χ0v) is 12.9. The van der Waals surface area contributed by atoms with E-state index in [1.165, 1.54) is 0 Å². The standard InChI is InChI=1S/C14H11Cl4N/c15-10-2-4-11(16)9(5-10)7-14(19)8-1-3-12(17)13(18)6-8/h1-6,14H,7,19H2. The highest BCUT2D eigenvalue weighted by molar-refractivity contribution is 6.42. The van der Waals surface area contributed by atoms with E-state index in [1.54, 1.807) is 24.3 Å². The first kappa shape index (κ1) is 15.0. The van der Waals surface area contributed by atoms with E-state index >= 15 is 0 Å². The zero-order chi connectivity index (χ0) is 14.0. The van der Waals surface area contributed by atoms with Crippen LogP contribution >= 0.6 is 46.4 Å². The normalized spacial score (nSPS) is 12.5. The van der Waals surface area contributed by atoms with Crippen LogP contribution < -0.4 is 5.73 Å². The second kappa shape index (κ2) is 6.34. The lowest BCUT2D eigenvalue weighted by atomic mass is 10.00. The molecule has 19 heavy (non-hydrogen) atoms. The molecule has 2 aromatic rings. The summed E-state index contributed by atoms with van der Waals surface area (Å²) in [6, 6.07) is 10.5. The van der Waals surface area contributed by atoms with Gasteiger partial charge in [-0.15, -0.1) is 0 Å². The molecule has 0 aliphatic rings. The minimum absolute atomic E-state index is 0.217. The Kier molecular flexibility index (Phi) is 4.99. The molecule has 1 atom stereocenters. The Bertz CT molecular complexity index is 598. The fraction of sp³-hybridized carbons (Fsp3) is 0.143. The zero-order valence-electron chi connectivity index (χ0n) is 9.84. The predicted octanol–water partition coefficient (Wildman–Crippen LogP) is 5.54. The van der Waals surface area contributed by atoms with E-state index in [0.29, 0.717) is 26.5 Å². The fourth-order valence-electron chi connectivity index (χ4n) is 1.80. The molecular weight excluding hydrogens is 324 g/mol. The molecule has 100 valence electrons. The van der Waals surface area contributed by atoms with Gasteiger partial charge in [-0.3, -0.25) is 0 Å². The highest BCUT2D eigenvalue weighted by atomic mass is 35.5. The van der Waals surface area contributed by atoms with Crippen molar-refractivity contribution in [2.45, 2.75) is 12.5 Å². The Morgan fingerprint density at radius 3 is 2.21 bits per heavy atom. The topological polar surface area (TPSA) is 26.0 Å². The Morgan fingerprint density at radius 2 is 1.53 bits per heavy atom. The largest absolute Gasteiger partial charge is 0.324 e. The highest BCUT2D eigenvalue weighted by Gasteiger charge is 2.11. The molecule has 2 rings (SSSR count). The quantitative estimate of drug-likeness (QED) is 0.783. The SMILES string of the molecule is NC(Cc1cc(Cl)ccc1Cl)c1ccc(Cl)c(Cl)c1. The van der Waals surface area contributed by atoms with E-state index in [2.05, 4.69) is 0 Å². The van der Waals surface area contributed by atoms with Crippen LogP contribution in [0.5, 0.6) is 0 Å². The molecule has 0 fully saturated rings. The number of hydrogen-bond acceptors (Lipinski definition) is 1. The molecule has 1 unspecified atom stereocenters. The first-order valence-corrected chi connectivity index (χ1v) is 7.13. The van der Waals surface area contributed by atoms with Crippen LogP contribution in [0.25, 0.3) is 0 Å². The van der Waals surface area contributed by atoms with Crippen LogP contribution in [0, 0.1) is 0 Å². The molecule has 0 spiro atoms. The maximum Gasteiger partial charge on any atom is 0.0595 e. The predicted molar refractivity (Wildman–Crippen MR) is 83.6 cm³/mol. The van der Waals surface area contributed by atoms with Crippen molar-refractivity contribution in [2.24, 2.45) is 5.73 Å². The average Bonchev–Trinajstić information content (AvgIpc) is 2.37. The minimum atomic E-state index is -0.217. The molecule has 1 nitrogen and oxygen atoms in total. The van der Waals surface area contributed by atoms with Crippen molar-refractivity contribution in [1.82, 2.24) is 0 Å². The van der Waals surface area contributed by atoms with Crippen LogP contribution in [-0.2, 0) is 6.42 Å². The summed E-state index contributed by atoms with van der Waals surface area (Å²) >= 11 is 23.9. The van der Waals surface area contributed by atoms with Gasteiger partial charge in [-0.2, -0.15) is 0 Å². The number of rotatable bonds is 3. The van der Waals surface area contributed by atoms with Crippen LogP contribution in [-0.4, -0.2) is 0 Å². The molecule has 0 saturated heterocycles. The smallest absolute Gasteiger partial charge is 0.0595 e. The summed E-state index contributed by atoms with van der Waals surface area (Å²) in [5, 5.41) is 2.30. The Hall–Kier alpha value is -0.440. The summed E-state index contributed by atoms with van der Waals surface area (Å²) in [5.74, 6) is 0. The van der Waals surface area contributed by atoms with E-state index in [0.717, 1.165) is 11.1 Å². The number of halogens is 4. The molecule has 0 bridgehead atoms. The van der Waals surface area contributed by atoms with Gasteiger partial charge in [-0.25, -0.2) is 0 Å². The van der Waals surface area contributed by atoms with Crippen molar-refractivity contribution in [3.05, 3.63) is 67.6 Å². The van der Waals surface area contributed by atoms with Crippen molar-refractivity contribution in [3.63, 3.8) is 0 Å². The van der Waals surface area contributed by atoms with Crippen LogP contribution in [0.3, 0.4) is 0 Å². The molecule has 0 heterocycles. The second-order valence-corrected chi connectivity index (χ2v) is 5.88. The third-order valence-corrected chi connectivity index (χ3v) is 4.16. The van der Waals surface area contributed by atoms with Gasteiger partial charge < -0.3 is 5.73 Å². The molecule has 0 radical (unpaired) electrons. The molecule has 0 saturated carbocycles. The Labute approximate surface area is 132 Å². The van der Waals surface area contributed by atoms with Gasteiger partial charge in [0.05, 0.1) is 10.0 Å².